The van der Waals surface area contributed by atoms with Crippen LogP contribution >= 0.6 is 0 Å². The van der Waals surface area contributed by atoms with Gasteiger partial charge < -0.3 is 10.1 Å². The number of hydrogen-bond donors (Lipinski definition) is 1. The summed E-state index contributed by atoms with van der Waals surface area (Å²) in [6, 6.07) is 13.9. The molecule has 2 bridgehead atoms. The van der Waals surface area contributed by atoms with Crippen LogP contribution in [0.4, 0.5) is 8.78 Å². The van der Waals surface area contributed by atoms with E-state index < -0.39 is 5.92 Å². The van der Waals surface area contributed by atoms with Gasteiger partial charge in [-0.1, -0.05) is 18.2 Å². The van der Waals surface area contributed by atoms with Crippen LogP contribution in [0.5, 0.6) is 5.75 Å². The maximum atomic E-state index is 13.8. The maximum absolute atomic E-state index is 13.8. The Morgan fingerprint density at radius 3 is 2.74 bits per heavy atom. The molecular formula is C29H33F2N5O2. The van der Waals surface area contributed by atoms with Crippen molar-refractivity contribution in [3.05, 3.63) is 71.2 Å². The van der Waals surface area contributed by atoms with Crippen LogP contribution < -0.4 is 10.1 Å². The van der Waals surface area contributed by atoms with E-state index in [1.165, 1.54) is 18.1 Å². The molecule has 3 aliphatic rings. The molecule has 1 aliphatic carbocycles. The van der Waals surface area contributed by atoms with E-state index in [-0.39, 0.29) is 23.6 Å². The van der Waals surface area contributed by atoms with Gasteiger partial charge in [0.15, 0.2) is 5.82 Å². The second-order valence-electron chi connectivity index (χ2n) is 10.9. The van der Waals surface area contributed by atoms with E-state index in [9.17, 15) is 13.6 Å². The van der Waals surface area contributed by atoms with Gasteiger partial charge in [-0.15, -0.1) is 0 Å². The monoisotopic (exact) mass is 521 g/mol. The molecule has 6 rings (SSSR count). The van der Waals surface area contributed by atoms with Gasteiger partial charge in [-0.3, -0.25) is 9.69 Å². The lowest BCUT2D eigenvalue weighted by Crippen LogP contribution is -2.46. The van der Waals surface area contributed by atoms with E-state index in [2.05, 4.69) is 32.4 Å². The number of aromatic nitrogens is 3. The minimum absolute atomic E-state index is 0.107. The lowest BCUT2D eigenvalue weighted by Gasteiger charge is -2.28. The molecule has 38 heavy (non-hydrogen) atoms. The van der Waals surface area contributed by atoms with Crippen LogP contribution in [0.2, 0.25) is 0 Å². The number of pyridine rings is 1. The molecule has 2 saturated heterocycles. The minimum Gasteiger partial charge on any atom is -0.497 e. The summed E-state index contributed by atoms with van der Waals surface area (Å²) in [5.41, 5.74) is 2.91. The average molecular weight is 522 g/mol. The van der Waals surface area contributed by atoms with Gasteiger partial charge in [0.2, 0.25) is 5.91 Å². The lowest BCUT2D eigenvalue weighted by atomic mass is 9.86. The van der Waals surface area contributed by atoms with Gasteiger partial charge in [-0.2, -0.15) is 13.9 Å². The summed E-state index contributed by atoms with van der Waals surface area (Å²) in [5, 5.41) is 7.83. The molecule has 1 unspecified atom stereocenters. The first-order valence-electron chi connectivity index (χ1n) is 13.4. The highest BCUT2D eigenvalue weighted by Gasteiger charge is 2.47. The second kappa shape index (κ2) is 9.76. The number of methoxy groups -OCH3 is 1. The van der Waals surface area contributed by atoms with Gasteiger partial charge >= 0.3 is 0 Å². The normalized spacial score (nSPS) is 24.8. The highest BCUT2D eigenvalue weighted by molar-refractivity contribution is 5.79. The van der Waals surface area contributed by atoms with Crippen LogP contribution in [-0.2, 0) is 30.1 Å². The van der Waals surface area contributed by atoms with E-state index in [0.717, 1.165) is 43.3 Å². The fourth-order valence-electron chi connectivity index (χ4n) is 6.48. The summed E-state index contributed by atoms with van der Waals surface area (Å²) >= 11 is 0. The number of halogens is 2. The number of benzene rings is 1. The van der Waals surface area contributed by atoms with Crippen LogP contribution in [0.15, 0.2) is 48.7 Å². The van der Waals surface area contributed by atoms with Crippen molar-refractivity contribution in [2.75, 3.05) is 7.11 Å². The number of hydrogen-bond acceptors (Lipinski definition) is 5. The van der Waals surface area contributed by atoms with Gasteiger partial charge in [0.05, 0.1) is 13.3 Å². The number of alkyl halides is 2. The molecule has 4 heterocycles. The first kappa shape index (κ1) is 25.0. The van der Waals surface area contributed by atoms with Gasteiger partial charge in [-0.05, 0) is 73.9 Å². The molecule has 2 fully saturated rings. The van der Waals surface area contributed by atoms with Crippen molar-refractivity contribution < 1.29 is 18.3 Å². The summed E-state index contributed by atoms with van der Waals surface area (Å²) in [6.07, 6.45) is 6.98. The van der Waals surface area contributed by atoms with Crippen molar-refractivity contribution in [3.8, 4) is 11.6 Å². The number of fused-ring (bicyclic) bond motifs is 3. The molecule has 9 heteroatoms. The molecule has 1 amide bonds. The fraction of sp³-hybridized carbons (Fsp3) is 0.483. The molecule has 0 radical (unpaired) electrons. The Labute approximate surface area is 221 Å². The Morgan fingerprint density at radius 1 is 1.16 bits per heavy atom. The molecule has 1 aromatic carbocycles. The Morgan fingerprint density at radius 2 is 1.97 bits per heavy atom. The van der Waals surface area contributed by atoms with Gasteiger partial charge in [0, 0.05) is 43.2 Å². The highest BCUT2D eigenvalue weighted by atomic mass is 19.3. The van der Waals surface area contributed by atoms with E-state index in [4.69, 9.17) is 4.74 Å². The van der Waals surface area contributed by atoms with Gasteiger partial charge in [-0.25, -0.2) is 9.67 Å². The molecule has 4 atom stereocenters. The standard InChI is InChI=1S/C29H33F2N5O2/c1-29(30,31)26-4-3-5-27(34-26)36-24-12-8-19(14-20(24)16-32-36)28(37)33-23-15-21-9-13-25(23)35(21)17-18-6-10-22(38-2)11-7-18/h3-7,10-11,16,19,21,23,25H,8-9,12-15,17H2,1-2H3,(H,33,37)/t19?,21-,23+,25+/m0/s1. The van der Waals surface area contributed by atoms with E-state index >= 15 is 0 Å². The van der Waals surface area contributed by atoms with Crippen molar-refractivity contribution >= 4 is 5.91 Å². The van der Waals surface area contributed by atoms with Crippen molar-refractivity contribution in [2.45, 2.75) is 76.0 Å². The van der Waals surface area contributed by atoms with Crippen molar-refractivity contribution in [3.63, 3.8) is 0 Å². The summed E-state index contributed by atoms with van der Waals surface area (Å²) in [5.74, 6) is -1.79. The van der Waals surface area contributed by atoms with E-state index in [1.54, 1.807) is 30.1 Å². The Kier molecular flexibility index (Phi) is 6.42. The zero-order valence-corrected chi connectivity index (χ0v) is 21.7. The number of rotatable bonds is 7. The Bertz CT molecular complexity index is 1320. The third-order valence-corrected chi connectivity index (χ3v) is 8.46. The number of carbonyl (C=O) groups excluding carboxylic acids is 1. The molecule has 7 nitrogen and oxygen atoms in total. The lowest BCUT2D eigenvalue weighted by molar-refractivity contribution is -0.126. The van der Waals surface area contributed by atoms with Crippen molar-refractivity contribution in [2.24, 2.45) is 5.92 Å². The third kappa shape index (κ3) is 4.68. The van der Waals surface area contributed by atoms with Crippen molar-refractivity contribution in [1.82, 2.24) is 25.0 Å². The molecule has 2 aromatic heterocycles. The molecule has 0 spiro atoms. The smallest absolute Gasteiger partial charge is 0.287 e. The zero-order chi connectivity index (χ0) is 26.4. The first-order chi connectivity index (χ1) is 18.3. The number of nitrogens with zero attached hydrogens (tertiary/aromatic N) is 4. The van der Waals surface area contributed by atoms with Gasteiger partial charge in [0.1, 0.15) is 11.4 Å². The molecular weight excluding hydrogens is 488 g/mol. The first-order valence-corrected chi connectivity index (χ1v) is 13.4. The van der Waals surface area contributed by atoms with E-state index in [0.29, 0.717) is 37.2 Å². The Hall–Kier alpha value is -3.33. The summed E-state index contributed by atoms with van der Waals surface area (Å²) < 4.78 is 34.5. The molecule has 1 N–H and O–H groups in total. The van der Waals surface area contributed by atoms with Crippen molar-refractivity contribution in [1.29, 1.82) is 0 Å². The predicted octanol–water partition coefficient (Wildman–Crippen LogP) is 4.41. The predicted molar refractivity (Wildman–Crippen MR) is 138 cm³/mol. The van der Waals surface area contributed by atoms with E-state index in [1.807, 2.05) is 12.1 Å². The fourth-order valence-corrected chi connectivity index (χ4v) is 6.48. The summed E-state index contributed by atoms with van der Waals surface area (Å²) in [4.78, 5) is 20.0. The van der Waals surface area contributed by atoms with Gasteiger partial charge in [0.25, 0.3) is 5.92 Å². The number of nitrogens with one attached hydrogen (secondary N) is 1. The summed E-state index contributed by atoms with van der Waals surface area (Å²) in [7, 11) is 1.67. The largest absolute Gasteiger partial charge is 0.497 e. The average Bonchev–Trinajstić information content (AvgIpc) is 3.61. The maximum Gasteiger partial charge on any atom is 0.287 e. The third-order valence-electron chi connectivity index (χ3n) is 8.46. The second-order valence-corrected chi connectivity index (χ2v) is 10.9. The molecule has 2 aliphatic heterocycles. The molecule has 3 aromatic rings. The number of ether oxygens (including phenoxy) is 1. The zero-order valence-electron chi connectivity index (χ0n) is 21.7. The van der Waals surface area contributed by atoms with Crippen LogP contribution in [0.25, 0.3) is 5.82 Å². The van der Waals surface area contributed by atoms with Crippen LogP contribution in [0.1, 0.15) is 55.1 Å². The molecule has 200 valence electrons. The van der Waals surface area contributed by atoms with Crippen LogP contribution in [0, 0.1) is 5.92 Å². The topological polar surface area (TPSA) is 72.3 Å². The SMILES string of the molecule is COc1ccc(CN2[C@H]3CC[C@@H]2[C@H](NC(=O)C2CCc4c(cnn4-c4cccc(C(C)(F)F)n4)C2)C3)cc1. The molecule has 0 saturated carbocycles. The minimum atomic E-state index is -3.02. The Balaban J connectivity index is 1.10. The van der Waals surface area contributed by atoms with Crippen LogP contribution in [0.3, 0.4) is 0 Å². The highest BCUT2D eigenvalue weighted by Crippen LogP contribution is 2.39. The number of carbonyl (C=O) groups is 1. The summed E-state index contributed by atoms with van der Waals surface area (Å²) in [6.45, 7) is 1.73. The number of amides is 1. The quantitative estimate of drug-likeness (QED) is 0.499. The van der Waals surface area contributed by atoms with Crippen LogP contribution in [-0.4, -0.2) is 50.8 Å².